The lowest BCUT2D eigenvalue weighted by molar-refractivity contribution is 0.438. The van der Waals surface area contributed by atoms with Gasteiger partial charge in [-0.15, -0.1) is 0 Å². The van der Waals surface area contributed by atoms with Gasteiger partial charge in [0, 0.05) is 6.04 Å². The maximum absolute atomic E-state index is 12.9. The van der Waals surface area contributed by atoms with Crippen molar-refractivity contribution in [2.75, 3.05) is 5.32 Å². The number of pyridine rings is 1. The van der Waals surface area contributed by atoms with Gasteiger partial charge < -0.3 is 5.32 Å². The Morgan fingerprint density at radius 3 is 2.87 bits per heavy atom. The van der Waals surface area contributed by atoms with Crippen molar-refractivity contribution in [3.8, 4) is 0 Å². The van der Waals surface area contributed by atoms with Gasteiger partial charge in [0.15, 0.2) is 0 Å². The monoisotopic (exact) mass is 206 g/mol. The highest BCUT2D eigenvalue weighted by Crippen LogP contribution is 2.45. The quantitative estimate of drug-likeness (QED) is 0.753. The van der Waals surface area contributed by atoms with Crippen molar-refractivity contribution in [2.24, 2.45) is 11.8 Å². The van der Waals surface area contributed by atoms with E-state index in [9.17, 15) is 4.39 Å². The third-order valence-corrected chi connectivity index (χ3v) is 3.79. The van der Waals surface area contributed by atoms with Crippen molar-refractivity contribution in [1.29, 1.82) is 0 Å². The maximum atomic E-state index is 12.9. The Morgan fingerprint density at radius 2 is 2.20 bits per heavy atom. The summed E-state index contributed by atoms with van der Waals surface area (Å²) in [7, 11) is 0. The first-order valence-corrected chi connectivity index (χ1v) is 5.70. The zero-order valence-corrected chi connectivity index (χ0v) is 8.62. The van der Waals surface area contributed by atoms with Gasteiger partial charge in [0.2, 0.25) is 5.95 Å². The minimum atomic E-state index is -0.400. The van der Waals surface area contributed by atoms with E-state index in [1.54, 1.807) is 6.07 Å². The van der Waals surface area contributed by atoms with Crippen LogP contribution in [-0.4, -0.2) is 11.0 Å². The molecule has 3 heteroatoms. The largest absolute Gasteiger partial charge is 0.367 e. The molecule has 2 aliphatic carbocycles. The van der Waals surface area contributed by atoms with E-state index >= 15 is 0 Å². The molecule has 1 aromatic rings. The summed E-state index contributed by atoms with van der Waals surface area (Å²) in [5.74, 6) is 1.98. The predicted octanol–water partition coefficient (Wildman–Crippen LogP) is 2.82. The molecule has 0 spiro atoms. The molecule has 2 nitrogen and oxygen atoms in total. The summed E-state index contributed by atoms with van der Waals surface area (Å²) < 4.78 is 12.9. The van der Waals surface area contributed by atoms with E-state index in [0.717, 1.165) is 11.8 Å². The maximum Gasteiger partial charge on any atom is 0.214 e. The number of hydrogen-bond donors (Lipinski definition) is 1. The van der Waals surface area contributed by atoms with Crippen LogP contribution in [0.3, 0.4) is 0 Å². The zero-order valence-electron chi connectivity index (χ0n) is 8.62. The van der Waals surface area contributed by atoms with Gasteiger partial charge in [-0.05, 0) is 43.2 Å². The highest BCUT2D eigenvalue weighted by atomic mass is 19.1. The molecule has 0 aromatic carbocycles. The van der Waals surface area contributed by atoms with Crippen LogP contribution < -0.4 is 5.32 Å². The van der Waals surface area contributed by atoms with Gasteiger partial charge in [-0.25, -0.2) is 4.98 Å². The minimum Gasteiger partial charge on any atom is -0.367 e. The second kappa shape index (κ2) is 3.47. The smallest absolute Gasteiger partial charge is 0.214 e. The van der Waals surface area contributed by atoms with Gasteiger partial charge in [-0.1, -0.05) is 12.5 Å². The number of anilines is 1. The fourth-order valence-electron chi connectivity index (χ4n) is 3.10. The molecule has 1 aromatic heterocycles. The first-order chi connectivity index (χ1) is 7.31. The van der Waals surface area contributed by atoms with Crippen LogP contribution in [0.25, 0.3) is 0 Å². The van der Waals surface area contributed by atoms with Crippen LogP contribution in [-0.2, 0) is 0 Å². The summed E-state index contributed by atoms with van der Waals surface area (Å²) in [4.78, 5) is 3.84. The van der Waals surface area contributed by atoms with E-state index in [2.05, 4.69) is 10.3 Å². The van der Waals surface area contributed by atoms with E-state index < -0.39 is 5.95 Å². The molecule has 15 heavy (non-hydrogen) atoms. The van der Waals surface area contributed by atoms with Crippen molar-refractivity contribution in [3.05, 3.63) is 24.1 Å². The molecule has 2 aliphatic rings. The Morgan fingerprint density at radius 1 is 1.27 bits per heavy atom. The molecule has 0 aliphatic heterocycles. The minimum absolute atomic E-state index is 0.400. The van der Waals surface area contributed by atoms with Crippen LogP contribution in [0, 0.1) is 17.8 Å². The molecule has 80 valence electrons. The molecule has 2 bridgehead atoms. The molecule has 3 atom stereocenters. The molecule has 2 fully saturated rings. The number of nitrogens with zero attached hydrogens (tertiary/aromatic N) is 1. The second-order valence-corrected chi connectivity index (χ2v) is 4.77. The lowest BCUT2D eigenvalue weighted by Crippen LogP contribution is -2.26. The fourth-order valence-corrected chi connectivity index (χ4v) is 3.10. The number of fused-ring (bicyclic) bond motifs is 2. The fraction of sp³-hybridized carbons (Fsp3) is 0.583. The highest BCUT2D eigenvalue weighted by Gasteiger charge is 2.39. The molecule has 3 unspecified atom stereocenters. The van der Waals surface area contributed by atoms with Gasteiger partial charge in [0.05, 0.1) is 0 Å². The van der Waals surface area contributed by atoms with Crippen molar-refractivity contribution >= 4 is 5.82 Å². The highest BCUT2D eigenvalue weighted by molar-refractivity contribution is 5.35. The standard InChI is InChI=1S/C12H15FN2/c13-11-2-1-3-12(15-11)14-10-7-8-4-5-9(10)6-8/h1-3,8-10H,4-7H2,(H,14,15). The van der Waals surface area contributed by atoms with Gasteiger partial charge in [-0.2, -0.15) is 4.39 Å². The number of nitrogens with one attached hydrogen (secondary N) is 1. The molecular weight excluding hydrogens is 191 g/mol. The summed E-state index contributed by atoms with van der Waals surface area (Å²) in [5.41, 5.74) is 0. The Hall–Kier alpha value is -1.12. The zero-order chi connectivity index (χ0) is 10.3. The number of hydrogen-bond acceptors (Lipinski definition) is 2. The lowest BCUT2D eigenvalue weighted by atomic mass is 9.95. The van der Waals surface area contributed by atoms with Gasteiger partial charge >= 0.3 is 0 Å². The number of aromatic nitrogens is 1. The average Bonchev–Trinajstić information content (AvgIpc) is 2.79. The lowest BCUT2D eigenvalue weighted by Gasteiger charge is -2.23. The first-order valence-electron chi connectivity index (χ1n) is 5.70. The number of halogens is 1. The van der Waals surface area contributed by atoms with E-state index in [1.807, 2.05) is 6.07 Å². The average molecular weight is 206 g/mol. The van der Waals surface area contributed by atoms with E-state index in [1.165, 1.54) is 31.7 Å². The first kappa shape index (κ1) is 9.13. The molecular formula is C12H15FN2. The second-order valence-electron chi connectivity index (χ2n) is 4.77. The molecule has 0 saturated heterocycles. The van der Waals surface area contributed by atoms with E-state index in [-0.39, 0.29) is 0 Å². The van der Waals surface area contributed by atoms with E-state index in [4.69, 9.17) is 0 Å². The summed E-state index contributed by atoms with van der Waals surface area (Å²) in [6.45, 7) is 0. The topological polar surface area (TPSA) is 24.9 Å². The third kappa shape index (κ3) is 1.71. The van der Waals surface area contributed by atoms with Crippen molar-refractivity contribution in [3.63, 3.8) is 0 Å². The Bertz CT molecular complexity index is 366. The summed E-state index contributed by atoms with van der Waals surface area (Å²) >= 11 is 0. The van der Waals surface area contributed by atoms with Crippen LogP contribution in [0.4, 0.5) is 10.2 Å². The summed E-state index contributed by atoms with van der Waals surface area (Å²) in [6.07, 6.45) is 5.31. The Balaban J connectivity index is 1.71. The molecule has 2 saturated carbocycles. The van der Waals surface area contributed by atoms with Gasteiger partial charge in [0.25, 0.3) is 0 Å². The predicted molar refractivity (Wildman–Crippen MR) is 57.1 cm³/mol. The van der Waals surface area contributed by atoms with Crippen LogP contribution >= 0.6 is 0 Å². The van der Waals surface area contributed by atoms with E-state index in [0.29, 0.717) is 11.9 Å². The Kier molecular flexibility index (Phi) is 2.11. The SMILES string of the molecule is Fc1cccc(NC2CC3CCC2C3)n1. The van der Waals surface area contributed by atoms with Gasteiger partial charge in [-0.3, -0.25) is 0 Å². The molecule has 1 heterocycles. The molecule has 0 amide bonds. The molecule has 1 N–H and O–H groups in total. The third-order valence-electron chi connectivity index (χ3n) is 3.79. The van der Waals surface area contributed by atoms with Crippen molar-refractivity contribution in [1.82, 2.24) is 4.98 Å². The number of rotatable bonds is 2. The molecule has 3 rings (SSSR count). The van der Waals surface area contributed by atoms with Crippen molar-refractivity contribution in [2.45, 2.75) is 31.7 Å². The van der Waals surface area contributed by atoms with Crippen LogP contribution in [0.5, 0.6) is 0 Å². The normalized spacial score (nSPS) is 33.3. The van der Waals surface area contributed by atoms with Crippen molar-refractivity contribution < 1.29 is 4.39 Å². The van der Waals surface area contributed by atoms with Gasteiger partial charge in [0.1, 0.15) is 5.82 Å². The van der Waals surface area contributed by atoms with Crippen LogP contribution in [0.15, 0.2) is 18.2 Å². The summed E-state index contributed by atoms with van der Waals surface area (Å²) in [5, 5.41) is 3.36. The van der Waals surface area contributed by atoms with Crippen LogP contribution in [0.1, 0.15) is 25.7 Å². The Labute approximate surface area is 88.9 Å². The van der Waals surface area contributed by atoms with Crippen LogP contribution in [0.2, 0.25) is 0 Å². The summed E-state index contributed by atoms with van der Waals surface area (Å²) in [6, 6.07) is 5.46. The molecule has 0 radical (unpaired) electrons.